The Morgan fingerprint density at radius 1 is 0.438 bits per heavy atom. The van der Waals surface area contributed by atoms with Crippen molar-refractivity contribution in [2.24, 2.45) is 0 Å². The minimum atomic E-state index is -0.665. The van der Waals surface area contributed by atoms with Gasteiger partial charge in [0.15, 0.2) is 0 Å². The van der Waals surface area contributed by atoms with E-state index in [9.17, 15) is 2.74 Å². The van der Waals surface area contributed by atoms with E-state index in [0.29, 0.717) is 51.4 Å². The lowest BCUT2D eigenvalue weighted by Crippen LogP contribution is -2.33. The predicted molar refractivity (Wildman–Crippen MR) is 379 cm³/mol. The van der Waals surface area contributed by atoms with Crippen LogP contribution in [0.15, 0.2) is 206 Å². The number of para-hydroxylation sites is 3. The summed E-state index contributed by atoms with van der Waals surface area (Å²) in [6.45, 7) is 36.7. The maximum Gasteiger partial charge on any atom is 0.137 e. The molecule has 0 N–H and O–H groups in total. The first kappa shape index (κ1) is 49.2. The summed E-state index contributed by atoms with van der Waals surface area (Å²) in [5, 5.41) is 0.849. The van der Waals surface area contributed by atoms with E-state index in [-0.39, 0.29) is 68.4 Å². The van der Waals surface area contributed by atoms with Crippen LogP contribution in [-0.2, 0) is 32.5 Å². The number of rotatable bonds is 9. The summed E-state index contributed by atoms with van der Waals surface area (Å²) in [5.74, 6) is 1.30. The van der Waals surface area contributed by atoms with Crippen LogP contribution in [0.3, 0.4) is 0 Å². The highest BCUT2D eigenvalue weighted by Crippen LogP contribution is 2.54. The predicted octanol–water partition coefficient (Wildman–Crippen LogP) is 23.4. The van der Waals surface area contributed by atoms with Gasteiger partial charge in [0.05, 0.1) is 40.4 Å². The number of anilines is 4. The number of hydrogen-bond acceptors (Lipinski definition) is 4. The number of aromatic nitrogens is 2. The molecule has 5 nitrogen and oxygen atoms in total. The van der Waals surface area contributed by atoms with E-state index in [1.807, 2.05) is 57.2 Å². The lowest BCUT2D eigenvalue weighted by Gasteiger charge is -2.42. The van der Waals surface area contributed by atoms with Gasteiger partial charge in [0.1, 0.15) is 24.0 Å². The number of nitrogens with zero attached hydrogens (tertiary/aromatic N) is 4. The molecule has 0 bridgehead atoms. The maximum atomic E-state index is 9.38. The van der Waals surface area contributed by atoms with Crippen molar-refractivity contribution in [3.63, 3.8) is 0 Å². The second-order valence-electron chi connectivity index (χ2n) is 30.2. The molecular formula is C84H88N4O. The molecule has 11 aromatic rings. The van der Waals surface area contributed by atoms with Gasteiger partial charge in [-0.15, -0.1) is 0 Å². The van der Waals surface area contributed by atoms with Gasteiger partial charge in [-0.2, -0.15) is 0 Å². The highest BCUT2D eigenvalue weighted by Gasteiger charge is 2.39. The third-order valence-corrected chi connectivity index (χ3v) is 18.8. The summed E-state index contributed by atoms with van der Waals surface area (Å²) in [7, 11) is 0. The van der Waals surface area contributed by atoms with Crippen LogP contribution in [0.25, 0.3) is 72.1 Å². The smallest absolute Gasteiger partial charge is 0.137 e. The molecule has 5 heteroatoms. The van der Waals surface area contributed by atoms with Gasteiger partial charge in [-0.3, -0.25) is 4.57 Å². The molecule has 2 aliphatic rings. The number of ether oxygens (including phenoxy) is 1. The number of hydrogen-bond donors (Lipinski definition) is 0. The quantitative estimate of drug-likeness (QED) is 0.144. The third kappa shape index (κ3) is 10.9. The van der Waals surface area contributed by atoms with E-state index in [2.05, 4.69) is 203 Å². The molecule has 2 aromatic heterocycles. The van der Waals surface area contributed by atoms with E-state index >= 15 is 0 Å². The molecule has 89 heavy (non-hydrogen) atoms. The molecule has 9 aromatic carbocycles. The fourth-order valence-corrected chi connectivity index (χ4v) is 13.5. The lowest BCUT2D eigenvalue weighted by molar-refractivity contribution is 0.332. The van der Waals surface area contributed by atoms with Crippen LogP contribution in [0.2, 0.25) is 0 Å². The van der Waals surface area contributed by atoms with Gasteiger partial charge in [-0.1, -0.05) is 238 Å². The van der Waals surface area contributed by atoms with E-state index < -0.39 is 29.6 Å². The van der Waals surface area contributed by atoms with Crippen LogP contribution in [-0.4, -0.2) is 16.2 Å². The summed E-state index contributed by atoms with van der Waals surface area (Å²) in [6, 6.07) is 49.1. The zero-order valence-electron chi connectivity index (χ0n) is 63.8. The first-order valence-corrected chi connectivity index (χ1v) is 31.5. The molecule has 0 fully saturated rings. The summed E-state index contributed by atoms with van der Waals surface area (Å²) >= 11 is 0. The molecule has 13 rings (SSSR count). The number of benzene rings is 9. The van der Waals surface area contributed by atoms with Crippen LogP contribution in [0.4, 0.5) is 22.7 Å². The molecule has 0 saturated heterocycles. The topological polar surface area (TPSA) is 33.5 Å². The Bertz CT molecular complexity index is 5060. The van der Waals surface area contributed by atoms with E-state index in [1.54, 1.807) is 10.6 Å². The Hall–Kier alpha value is -8.67. The SMILES string of the molecule is [2H]c1c([2H])c([2H])c(-c2cnc(-n3c4cc(Oc5cccc(N6CN(c7c(-c8ccc(-c9ccc(C(C)(C)C)cc9C(C)(C)C)cc8)cc(C(C)(C)C)cc7-c7ccc8c(c7)C(C)(C)CCC8(C)C)c7ccccc76)c5)ccc4c4c([2H])c([2H])c([2H])c([2H])c43)cc2C(C)(C)C)c([2H])c1[2H]. The number of fused-ring (bicyclic) bond motifs is 5. The minimum Gasteiger partial charge on any atom is -0.457 e. The Labute approximate surface area is 542 Å². The van der Waals surface area contributed by atoms with Crippen molar-refractivity contribution in [3.8, 4) is 61.8 Å². The van der Waals surface area contributed by atoms with Gasteiger partial charge < -0.3 is 14.5 Å². The van der Waals surface area contributed by atoms with Crippen molar-refractivity contribution in [1.82, 2.24) is 9.55 Å². The average molecular weight is 1180 g/mol. The van der Waals surface area contributed by atoms with Gasteiger partial charge in [0.25, 0.3) is 0 Å². The highest BCUT2D eigenvalue weighted by atomic mass is 16.5. The molecule has 0 radical (unpaired) electrons. The molecular weight excluding hydrogens is 1080 g/mol. The fourth-order valence-electron chi connectivity index (χ4n) is 13.5. The first-order chi connectivity index (χ1) is 45.8. The highest BCUT2D eigenvalue weighted by molar-refractivity contribution is 6.09. The van der Waals surface area contributed by atoms with E-state index in [4.69, 9.17) is 19.3 Å². The van der Waals surface area contributed by atoms with Gasteiger partial charge in [0, 0.05) is 51.5 Å². The van der Waals surface area contributed by atoms with Gasteiger partial charge in [0.2, 0.25) is 0 Å². The van der Waals surface area contributed by atoms with E-state index in [0.717, 1.165) is 52.3 Å². The molecule has 1 aliphatic carbocycles. The lowest BCUT2D eigenvalue weighted by atomic mass is 9.63. The van der Waals surface area contributed by atoms with Gasteiger partial charge in [-0.05, 0) is 167 Å². The first-order valence-electron chi connectivity index (χ1n) is 36.0. The Morgan fingerprint density at radius 2 is 1.03 bits per heavy atom. The van der Waals surface area contributed by atoms with Crippen molar-refractivity contribution >= 4 is 44.6 Å². The number of pyridine rings is 1. The van der Waals surface area contributed by atoms with Crippen molar-refractivity contribution in [3.05, 3.63) is 240 Å². The summed E-state index contributed by atoms with van der Waals surface area (Å²) in [6.07, 6.45) is 3.72. The minimum absolute atomic E-state index is 0.00803. The molecule has 3 heterocycles. The zero-order valence-corrected chi connectivity index (χ0v) is 54.8. The normalized spacial score (nSPS) is 16.4. The molecule has 0 atom stereocenters. The monoisotopic (exact) mass is 1180 g/mol. The van der Waals surface area contributed by atoms with Crippen molar-refractivity contribution < 1.29 is 17.1 Å². The molecule has 0 spiro atoms. The molecule has 0 unspecified atom stereocenters. The van der Waals surface area contributed by atoms with Crippen LogP contribution in [0.5, 0.6) is 11.5 Å². The van der Waals surface area contributed by atoms with Crippen LogP contribution in [0.1, 0.15) is 169 Å². The fraction of sp³-hybridized carbons (Fsp3) is 0.298. The van der Waals surface area contributed by atoms with Crippen LogP contribution in [0, 0.1) is 0 Å². The average Bonchev–Trinajstić information content (AvgIpc) is 1.58. The third-order valence-electron chi connectivity index (χ3n) is 18.8. The van der Waals surface area contributed by atoms with Gasteiger partial charge >= 0.3 is 0 Å². The van der Waals surface area contributed by atoms with Crippen molar-refractivity contribution in [2.45, 2.75) is 156 Å². The van der Waals surface area contributed by atoms with Crippen LogP contribution >= 0.6 is 0 Å². The van der Waals surface area contributed by atoms with Crippen LogP contribution < -0.4 is 14.5 Å². The van der Waals surface area contributed by atoms with Crippen molar-refractivity contribution in [1.29, 1.82) is 0 Å². The van der Waals surface area contributed by atoms with Crippen molar-refractivity contribution in [2.75, 3.05) is 16.5 Å². The second kappa shape index (κ2) is 21.5. The Kier molecular flexibility index (Phi) is 11.9. The van der Waals surface area contributed by atoms with E-state index in [1.165, 1.54) is 50.7 Å². The summed E-state index contributed by atoms with van der Waals surface area (Å²) in [4.78, 5) is 9.77. The molecule has 1 aliphatic heterocycles. The maximum absolute atomic E-state index is 9.38. The standard InChI is InChI=1S/C84H88N4O/c1-79(2,3)58-38-40-63(70(48-58)81(7,8)9)55-33-35-56(36-34-55)66-46-59(80(4,5)6)47-67(57-37-42-69-72(45-57)84(15,16)44-43-83(69,13)14)78(66)87-53-86(74-31-22-23-32-75(74)87)60-27-24-28-61(49-60)89-62-39-41-65-64-29-20-21-30-73(64)88(76(65)50-62)77-51-71(82(10,11)12)68(52-85-77)54-25-18-17-19-26-54/h17-42,45-52H,43-44,53H2,1-16H3/i17D,18D,19D,20D,21D,25D,26D,29D,30D. The summed E-state index contributed by atoms with van der Waals surface area (Å²) < 4.78 is 88.2. The Balaban J connectivity index is 0.942. The Morgan fingerprint density at radius 3 is 1.71 bits per heavy atom. The second-order valence-corrected chi connectivity index (χ2v) is 30.2. The summed E-state index contributed by atoms with van der Waals surface area (Å²) in [5.41, 5.74) is 18.6. The molecule has 450 valence electrons. The molecule has 0 amide bonds. The largest absolute Gasteiger partial charge is 0.457 e. The zero-order chi connectivity index (χ0) is 70.6. The molecule has 0 saturated carbocycles. The van der Waals surface area contributed by atoms with Gasteiger partial charge in [-0.25, -0.2) is 4.98 Å².